The Hall–Kier alpha value is -3.05. The predicted molar refractivity (Wildman–Crippen MR) is 123 cm³/mol. The summed E-state index contributed by atoms with van der Waals surface area (Å²) in [6.07, 6.45) is 3.67. The minimum Gasteiger partial charge on any atom is -0.497 e. The third-order valence-corrected chi connectivity index (χ3v) is 6.76. The Kier molecular flexibility index (Phi) is 6.89. The zero-order valence-corrected chi connectivity index (χ0v) is 19.2. The van der Waals surface area contributed by atoms with Crippen LogP contribution in [0.4, 0.5) is 0 Å². The second-order valence-corrected chi connectivity index (χ2v) is 9.37. The third kappa shape index (κ3) is 5.48. The summed E-state index contributed by atoms with van der Waals surface area (Å²) in [6, 6.07) is 6.51. The number of hydrogen-bond acceptors (Lipinski definition) is 5. The number of Topliss-reactive ketones (excluding diaryl/α,β-unsaturated/α-hetero) is 1. The van der Waals surface area contributed by atoms with E-state index in [1.54, 1.807) is 25.3 Å². The van der Waals surface area contributed by atoms with Gasteiger partial charge in [0.2, 0.25) is 11.8 Å². The molecule has 174 valence electrons. The molecule has 1 saturated carbocycles. The van der Waals surface area contributed by atoms with E-state index in [0.29, 0.717) is 47.3 Å². The number of nitrogens with one attached hydrogen (secondary N) is 3. The van der Waals surface area contributed by atoms with E-state index in [4.69, 9.17) is 16.3 Å². The van der Waals surface area contributed by atoms with Gasteiger partial charge in [-0.2, -0.15) is 5.26 Å². The van der Waals surface area contributed by atoms with Gasteiger partial charge in [0.15, 0.2) is 5.78 Å². The van der Waals surface area contributed by atoms with Crippen molar-refractivity contribution in [3.05, 3.63) is 28.9 Å². The number of H-pyrrole nitrogens is 1. The van der Waals surface area contributed by atoms with E-state index in [0.717, 1.165) is 18.2 Å². The molecule has 0 bridgehead atoms. The van der Waals surface area contributed by atoms with Crippen LogP contribution in [0.3, 0.4) is 0 Å². The van der Waals surface area contributed by atoms with Gasteiger partial charge in [0, 0.05) is 36.3 Å². The number of carbonyl (C=O) groups is 3. The molecule has 3 atom stereocenters. The average Bonchev–Trinajstić information content (AvgIpc) is 3.36. The van der Waals surface area contributed by atoms with Gasteiger partial charge in [-0.15, -0.1) is 0 Å². The summed E-state index contributed by atoms with van der Waals surface area (Å²) >= 11 is 6.30. The molecule has 2 aliphatic rings. The van der Waals surface area contributed by atoms with Crippen LogP contribution in [0, 0.1) is 29.1 Å². The molecule has 1 saturated heterocycles. The summed E-state index contributed by atoms with van der Waals surface area (Å²) < 4.78 is 5.23. The summed E-state index contributed by atoms with van der Waals surface area (Å²) in [5.74, 6) is -0.364. The molecule has 1 aliphatic carbocycles. The van der Waals surface area contributed by atoms with E-state index < -0.39 is 12.0 Å². The van der Waals surface area contributed by atoms with E-state index in [-0.39, 0.29) is 36.4 Å². The van der Waals surface area contributed by atoms with Gasteiger partial charge in [0.05, 0.1) is 29.4 Å². The number of amides is 2. The lowest BCUT2D eigenvalue weighted by molar-refractivity contribution is -0.127. The number of aromatic amines is 1. The zero-order chi connectivity index (χ0) is 23.5. The maximum atomic E-state index is 13.1. The van der Waals surface area contributed by atoms with Gasteiger partial charge in [-0.05, 0) is 37.3 Å². The maximum Gasteiger partial charge on any atom is 0.224 e. The van der Waals surface area contributed by atoms with Crippen molar-refractivity contribution in [1.29, 1.82) is 5.26 Å². The Balaban J connectivity index is 1.45. The number of nitriles is 1. The van der Waals surface area contributed by atoms with Crippen molar-refractivity contribution >= 4 is 40.1 Å². The molecule has 2 amide bonds. The second-order valence-electron chi connectivity index (χ2n) is 8.96. The van der Waals surface area contributed by atoms with Gasteiger partial charge in [0.1, 0.15) is 11.8 Å². The van der Waals surface area contributed by atoms with Crippen LogP contribution in [0.25, 0.3) is 10.9 Å². The highest BCUT2D eigenvalue weighted by Crippen LogP contribution is 2.37. The first-order chi connectivity index (χ1) is 15.9. The van der Waals surface area contributed by atoms with Crippen LogP contribution in [0.15, 0.2) is 18.2 Å². The lowest BCUT2D eigenvalue weighted by atomic mass is 9.93. The second kappa shape index (κ2) is 9.84. The van der Waals surface area contributed by atoms with Crippen LogP contribution in [-0.4, -0.2) is 42.3 Å². The maximum absolute atomic E-state index is 13.1. The van der Waals surface area contributed by atoms with E-state index in [1.807, 2.05) is 0 Å². The molecule has 8 nitrogen and oxygen atoms in total. The van der Waals surface area contributed by atoms with Crippen molar-refractivity contribution in [3.8, 4) is 11.8 Å². The van der Waals surface area contributed by atoms with E-state index in [2.05, 4.69) is 21.7 Å². The SMILES string of the molecule is COc1cc(Cl)c2[nH]c(C(=O)C[C@@H](CC3CC3)C(=O)N[C@H](C#N)C[C@@H]3CCNC3=O)cc2c1. The Morgan fingerprint density at radius 2 is 2.06 bits per heavy atom. The molecule has 1 aliphatic heterocycles. The largest absolute Gasteiger partial charge is 0.497 e. The normalized spacial score (nSPS) is 19.5. The quantitative estimate of drug-likeness (QED) is 0.459. The first-order valence-electron chi connectivity index (χ1n) is 11.2. The van der Waals surface area contributed by atoms with Gasteiger partial charge in [-0.25, -0.2) is 0 Å². The fourth-order valence-corrected chi connectivity index (χ4v) is 4.67. The fraction of sp³-hybridized carbons (Fsp3) is 0.500. The van der Waals surface area contributed by atoms with Crippen LogP contribution in [-0.2, 0) is 9.59 Å². The molecular weight excluding hydrogens is 444 g/mol. The summed E-state index contributed by atoms with van der Waals surface area (Å²) in [5.41, 5.74) is 1.02. The highest BCUT2D eigenvalue weighted by molar-refractivity contribution is 6.35. The van der Waals surface area contributed by atoms with Crippen molar-refractivity contribution in [2.75, 3.05) is 13.7 Å². The smallest absolute Gasteiger partial charge is 0.224 e. The number of hydrogen-bond donors (Lipinski definition) is 3. The van der Waals surface area contributed by atoms with Crippen LogP contribution >= 0.6 is 11.6 Å². The van der Waals surface area contributed by atoms with Crippen molar-refractivity contribution in [2.45, 2.75) is 44.6 Å². The summed E-state index contributed by atoms with van der Waals surface area (Å²) in [7, 11) is 1.55. The molecule has 9 heteroatoms. The first-order valence-corrected chi connectivity index (χ1v) is 11.6. The number of rotatable bonds is 10. The molecule has 2 heterocycles. The van der Waals surface area contributed by atoms with Crippen LogP contribution in [0.2, 0.25) is 5.02 Å². The van der Waals surface area contributed by atoms with E-state index in [1.165, 1.54) is 0 Å². The standard InChI is InChI=1S/C24H27ClN4O4/c1-33-18-8-15-9-20(29-22(15)19(25)11-18)21(30)10-16(6-13-2-3-13)24(32)28-17(12-26)7-14-4-5-27-23(14)31/h8-9,11,13-14,16-17,29H,2-7,10H2,1H3,(H,27,31)(H,28,32)/t14-,16+,17-/m0/s1. The molecule has 2 fully saturated rings. The van der Waals surface area contributed by atoms with Gasteiger partial charge in [-0.3, -0.25) is 14.4 Å². The first kappa shape index (κ1) is 23.1. The Morgan fingerprint density at radius 3 is 2.70 bits per heavy atom. The highest BCUT2D eigenvalue weighted by Gasteiger charge is 2.33. The van der Waals surface area contributed by atoms with Crippen molar-refractivity contribution in [2.24, 2.45) is 17.8 Å². The number of ketones is 1. The average molecular weight is 471 g/mol. The molecular formula is C24H27ClN4O4. The summed E-state index contributed by atoms with van der Waals surface area (Å²) in [6.45, 7) is 0.592. The number of benzene rings is 1. The topological polar surface area (TPSA) is 124 Å². The molecule has 33 heavy (non-hydrogen) atoms. The van der Waals surface area contributed by atoms with Crippen molar-refractivity contribution < 1.29 is 19.1 Å². The molecule has 4 rings (SSSR count). The number of nitrogens with zero attached hydrogens (tertiary/aromatic N) is 1. The van der Waals surface area contributed by atoms with Gasteiger partial charge >= 0.3 is 0 Å². The number of fused-ring (bicyclic) bond motifs is 1. The van der Waals surface area contributed by atoms with Crippen molar-refractivity contribution in [1.82, 2.24) is 15.6 Å². The monoisotopic (exact) mass is 470 g/mol. The number of halogens is 1. The number of carbonyl (C=O) groups excluding carboxylic acids is 3. The third-order valence-electron chi connectivity index (χ3n) is 6.46. The Labute approximate surface area is 197 Å². The Morgan fingerprint density at radius 1 is 1.27 bits per heavy atom. The van der Waals surface area contributed by atoms with E-state index in [9.17, 15) is 19.6 Å². The van der Waals surface area contributed by atoms with Gasteiger partial charge in [0.25, 0.3) is 0 Å². The number of ether oxygens (including phenoxy) is 1. The van der Waals surface area contributed by atoms with Crippen LogP contribution < -0.4 is 15.4 Å². The fourth-order valence-electron chi connectivity index (χ4n) is 4.40. The van der Waals surface area contributed by atoms with Crippen molar-refractivity contribution in [3.63, 3.8) is 0 Å². The summed E-state index contributed by atoms with van der Waals surface area (Å²) in [5, 5.41) is 16.2. The predicted octanol–water partition coefficient (Wildman–Crippen LogP) is 3.35. The number of aromatic nitrogens is 1. The summed E-state index contributed by atoms with van der Waals surface area (Å²) in [4.78, 5) is 41.0. The lowest BCUT2D eigenvalue weighted by Gasteiger charge is -2.19. The van der Waals surface area contributed by atoms with Gasteiger partial charge in [-0.1, -0.05) is 24.4 Å². The molecule has 2 aromatic rings. The molecule has 0 unspecified atom stereocenters. The molecule has 1 aromatic heterocycles. The van der Waals surface area contributed by atoms with Crippen LogP contribution in [0.1, 0.15) is 49.0 Å². The Bertz CT molecular complexity index is 1120. The molecule has 3 N–H and O–H groups in total. The lowest BCUT2D eigenvalue weighted by Crippen LogP contribution is -2.40. The zero-order valence-electron chi connectivity index (χ0n) is 18.4. The molecule has 0 radical (unpaired) electrons. The minimum absolute atomic E-state index is 0.0337. The highest BCUT2D eigenvalue weighted by atomic mass is 35.5. The number of methoxy groups -OCH3 is 1. The minimum atomic E-state index is -0.762. The molecule has 1 aromatic carbocycles. The van der Waals surface area contributed by atoms with Crippen LogP contribution in [0.5, 0.6) is 5.75 Å². The van der Waals surface area contributed by atoms with Gasteiger partial charge < -0.3 is 20.4 Å². The van der Waals surface area contributed by atoms with E-state index >= 15 is 0 Å². The molecule has 0 spiro atoms.